The van der Waals surface area contributed by atoms with Crippen molar-refractivity contribution >= 4 is 17.3 Å². The first-order valence-corrected chi connectivity index (χ1v) is 7.91. The molecule has 0 aromatic carbocycles. The van der Waals surface area contributed by atoms with E-state index in [1.165, 1.54) is 17.5 Å². The van der Waals surface area contributed by atoms with Crippen LogP contribution < -0.4 is 10.9 Å². The van der Waals surface area contributed by atoms with Crippen LogP contribution in [0.25, 0.3) is 0 Å². The van der Waals surface area contributed by atoms with E-state index >= 15 is 0 Å². The standard InChI is InChI=1S/C14H21ClN4O2/c15-12-9-17-19(10-11-1-2-11)14(20)13(12)16-3-4-18-5-7-21-8-6-18/h9,11,16H,1-8,10H2. The van der Waals surface area contributed by atoms with Gasteiger partial charge in [-0.1, -0.05) is 11.6 Å². The molecule has 116 valence electrons. The summed E-state index contributed by atoms with van der Waals surface area (Å²) in [6.45, 7) is 5.73. The van der Waals surface area contributed by atoms with Crippen LogP contribution in [-0.2, 0) is 11.3 Å². The summed E-state index contributed by atoms with van der Waals surface area (Å²) in [5.74, 6) is 0.609. The monoisotopic (exact) mass is 312 g/mol. The minimum absolute atomic E-state index is 0.114. The lowest BCUT2D eigenvalue weighted by Crippen LogP contribution is -2.39. The first kappa shape index (κ1) is 14.8. The SMILES string of the molecule is O=c1c(NCCN2CCOCC2)c(Cl)cnn1CC1CC1. The molecule has 1 aliphatic carbocycles. The highest BCUT2D eigenvalue weighted by atomic mass is 35.5. The van der Waals surface area contributed by atoms with Crippen LogP contribution in [-0.4, -0.2) is 54.1 Å². The predicted molar refractivity (Wildman–Crippen MR) is 82.0 cm³/mol. The zero-order chi connectivity index (χ0) is 14.7. The number of hydrogen-bond donors (Lipinski definition) is 1. The summed E-state index contributed by atoms with van der Waals surface area (Å²) >= 11 is 6.10. The van der Waals surface area contributed by atoms with Gasteiger partial charge in [-0.05, 0) is 18.8 Å². The minimum Gasteiger partial charge on any atom is -0.379 e. The summed E-state index contributed by atoms with van der Waals surface area (Å²) in [4.78, 5) is 14.7. The zero-order valence-electron chi connectivity index (χ0n) is 12.1. The lowest BCUT2D eigenvalue weighted by molar-refractivity contribution is 0.0398. The molecule has 1 saturated heterocycles. The molecule has 6 nitrogen and oxygen atoms in total. The van der Waals surface area contributed by atoms with Crippen molar-refractivity contribution in [2.24, 2.45) is 5.92 Å². The fourth-order valence-corrected chi connectivity index (χ4v) is 2.66. The highest BCUT2D eigenvalue weighted by Gasteiger charge is 2.23. The van der Waals surface area contributed by atoms with Crippen molar-refractivity contribution in [1.82, 2.24) is 14.7 Å². The van der Waals surface area contributed by atoms with Gasteiger partial charge in [-0.3, -0.25) is 9.69 Å². The molecule has 0 radical (unpaired) electrons. The van der Waals surface area contributed by atoms with E-state index in [9.17, 15) is 4.79 Å². The van der Waals surface area contributed by atoms with Crippen molar-refractivity contribution in [2.45, 2.75) is 19.4 Å². The Labute approximate surface area is 129 Å². The number of morpholine rings is 1. The maximum atomic E-state index is 12.4. The number of nitrogens with zero attached hydrogens (tertiary/aromatic N) is 3. The molecule has 0 unspecified atom stereocenters. The van der Waals surface area contributed by atoms with E-state index in [0.717, 1.165) is 32.8 Å². The number of ether oxygens (including phenoxy) is 1. The van der Waals surface area contributed by atoms with E-state index in [-0.39, 0.29) is 5.56 Å². The maximum absolute atomic E-state index is 12.4. The van der Waals surface area contributed by atoms with Gasteiger partial charge in [-0.15, -0.1) is 0 Å². The lowest BCUT2D eigenvalue weighted by Gasteiger charge is -2.26. The Kier molecular flexibility index (Phi) is 4.77. The van der Waals surface area contributed by atoms with Gasteiger partial charge in [0.25, 0.3) is 5.56 Å². The average molecular weight is 313 g/mol. The summed E-state index contributed by atoms with van der Waals surface area (Å²) < 4.78 is 6.84. The number of hydrogen-bond acceptors (Lipinski definition) is 5. The molecule has 2 aliphatic rings. The first-order valence-electron chi connectivity index (χ1n) is 7.53. The Bertz CT molecular complexity index is 538. The number of nitrogens with one attached hydrogen (secondary N) is 1. The Morgan fingerprint density at radius 3 is 2.86 bits per heavy atom. The van der Waals surface area contributed by atoms with Gasteiger partial charge in [0.2, 0.25) is 0 Å². The van der Waals surface area contributed by atoms with Crippen molar-refractivity contribution in [3.63, 3.8) is 0 Å². The quantitative estimate of drug-likeness (QED) is 0.851. The van der Waals surface area contributed by atoms with Gasteiger partial charge < -0.3 is 10.1 Å². The molecule has 1 aliphatic heterocycles. The predicted octanol–water partition coefficient (Wildman–Crippen LogP) is 1.05. The summed E-state index contributed by atoms with van der Waals surface area (Å²) in [7, 11) is 0. The van der Waals surface area contributed by atoms with E-state index in [4.69, 9.17) is 16.3 Å². The summed E-state index contributed by atoms with van der Waals surface area (Å²) in [5.41, 5.74) is 0.358. The highest BCUT2D eigenvalue weighted by molar-refractivity contribution is 6.32. The van der Waals surface area contributed by atoms with E-state index in [0.29, 0.717) is 29.7 Å². The third-order valence-corrected chi connectivity index (χ3v) is 4.25. The second-order valence-corrected chi connectivity index (χ2v) is 6.09. The van der Waals surface area contributed by atoms with E-state index < -0.39 is 0 Å². The van der Waals surface area contributed by atoms with E-state index in [1.54, 1.807) is 6.20 Å². The summed E-state index contributed by atoms with van der Waals surface area (Å²) in [5, 5.41) is 7.69. The van der Waals surface area contributed by atoms with Crippen LogP contribution in [0.4, 0.5) is 5.69 Å². The maximum Gasteiger partial charge on any atom is 0.291 e. The Morgan fingerprint density at radius 2 is 2.14 bits per heavy atom. The van der Waals surface area contributed by atoms with Crippen LogP contribution in [0.1, 0.15) is 12.8 Å². The normalized spacial score (nSPS) is 19.7. The Hall–Kier alpha value is -1.11. The lowest BCUT2D eigenvalue weighted by atomic mass is 10.3. The van der Waals surface area contributed by atoms with Gasteiger partial charge >= 0.3 is 0 Å². The van der Waals surface area contributed by atoms with Crippen molar-refractivity contribution in [1.29, 1.82) is 0 Å². The number of halogens is 1. The molecule has 0 amide bonds. The molecule has 1 saturated carbocycles. The summed E-state index contributed by atoms with van der Waals surface area (Å²) in [6.07, 6.45) is 3.94. The van der Waals surface area contributed by atoms with Crippen molar-refractivity contribution in [3.8, 4) is 0 Å². The van der Waals surface area contributed by atoms with Crippen LogP contribution in [0.3, 0.4) is 0 Å². The molecule has 1 N–H and O–H groups in total. The zero-order valence-corrected chi connectivity index (χ0v) is 12.8. The molecule has 7 heteroatoms. The Balaban J connectivity index is 1.59. The van der Waals surface area contributed by atoms with Gasteiger partial charge in [-0.2, -0.15) is 5.10 Å². The van der Waals surface area contributed by atoms with Gasteiger partial charge in [0.05, 0.1) is 24.4 Å². The molecular formula is C14H21ClN4O2. The topological polar surface area (TPSA) is 59.4 Å². The number of aromatic nitrogens is 2. The fraction of sp³-hybridized carbons (Fsp3) is 0.714. The second-order valence-electron chi connectivity index (χ2n) is 5.68. The van der Waals surface area contributed by atoms with Crippen LogP contribution >= 0.6 is 11.6 Å². The molecule has 0 spiro atoms. The third-order valence-electron chi connectivity index (χ3n) is 3.96. The van der Waals surface area contributed by atoms with Gasteiger partial charge in [0.1, 0.15) is 5.69 Å². The van der Waals surface area contributed by atoms with Crippen molar-refractivity contribution < 1.29 is 4.74 Å². The summed E-state index contributed by atoms with van der Waals surface area (Å²) in [6, 6.07) is 0. The van der Waals surface area contributed by atoms with Gasteiger partial charge in [-0.25, -0.2) is 4.68 Å². The third kappa shape index (κ3) is 3.96. The molecule has 2 fully saturated rings. The van der Waals surface area contributed by atoms with Crippen LogP contribution in [0.15, 0.2) is 11.0 Å². The van der Waals surface area contributed by atoms with E-state index in [1.807, 2.05) is 0 Å². The number of anilines is 1. The number of rotatable bonds is 6. The molecule has 21 heavy (non-hydrogen) atoms. The average Bonchev–Trinajstić information content (AvgIpc) is 3.31. The largest absolute Gasteiger partial charge is 0.379 e. The Morgan fingerprint density at radius 1 is 1.38 bits per heavy atom. The van der Waals surface area contributed by atoms with Crippen molar-refractivity contribution in [2.75, 3.05) is 44.7 Å². The van der Waals surface area contributed by atoms with Gasteiger partial charge in [0.15, 0.2) is 0 Å². The molecule has 0 atom stereocenters. The molecule has 2 heterocycles. The fourth-order valence-electron chi connectivity index (χ4n) is 2.47. The molecule has 0 bridgehead atoms. The van der Waals surface area contributed by atoms with Crippen LogP contribution in [0, 0.1) is 5.92 Å². The molecular weight excluding hydrogens is 292 g/mol. The molecule has 1 aromatic heterocycles. The van der Waals surface area contributed by atoms with Gasteiger partial charge in [0, 0.05) is 32.7 Å². The van der Waals surface area contributed by atoms with Crippen molar-refractivity contribution in [3.05, 3.63) is 21.6 Å². The molecule has 3 rings (SSSR count). The smallest absolute Gasteiger partial charge is 0.291 e. The highest BCUT2D eigenvalue weighted by Crippen LogP contribution is 2.30. The minimum atomic E-state index is -0.114. The van der Waals surface area contributed by atoms with Crippen LogP contribution in [0.2, 0.25) is 5.02 Å². The molecule has 1 aromatic rings. The van der Waals surface area contributed by atoms with Crippen LogP contribution in [0.5, 0.6) is 0 Å². The first-order chi connectivity index (χ1) is 10.2. The van der Waals surface area contributed by atoms with E-state index in [2.05, 4.69) is 15.3 Å². The second kappa shape index (κ2) is 6.77.